The summed E-state index contributed by atoms with van der Waals surface area (Å²) in [5, 5.41) is 11.5. The zero-order chi connectivity index (χ0) is 11.5. The quantitative estimate of drug-likeness (QED) is 0.425. The average Bonchev–Trinajstić information content (AvgIpc) is 2.29. The van der Waals surface area contributed by atoms with Gasteiger partial charge in [-0.1, -0.05) is 0 Å². The molecule has 4 nitrogen and oxygen atoms in total. The van der Waals surface area contributed by atoms with Crippen molar-refractivity contribution in [2.24, 2.45) is 5.92 Å². The van der Waals surface area contributed by atoms with Crippen LogP contribution < -0.4 is 4.73 Å². The molecule has 1 heterocycles. The Morgan fingerprint density at radius 2 is 2.50 bits per heavy atom. The molecule has 16 heavy (non-hydrogen) atoms. The summed E-state index contributed by atoms with van der Waals surface area (Å²) in [6.45, 7) is 2.22. The Morgan fingerprint density at radius 1 is 1.69 bits per heavy atom. The van der Waals surface area contributed by atoms with Crippen molar-refractivity contribution in [3.63, 3.8) is 0 Å². The minimum absolute atomic E-state index is 0.0881. The van der Waals surface area contributed by atoms with Crippen LogP contribution in [0.15, 0.2) is 18.3 Å². The van der Waals surface area contributed by atoms with Crippen molar-refractivity contribution >= 4 is 5.97 Å². The van der Waals surface area contributed by atoms with Crippen LogP contribution in [-0.2, 0) is 22.4 Å². The average molecular weight is 221 g/mol. The molecule has 0 aromatic carbocycles. The van der Waals surface area contributed by atoms with Crippen LogP contribution in [0.3, 0.4) is 0 Å². The molecular formula is C12H15NO3. The molecule has 2 rings (SSSR count). The molecule has 0 radical (unpaired) electrons. The fraction of sp³-hybridized carbons (Fsp3) is 0.500. The maximum atomic E-state index is 11.6. The molecule has 0 N–H and O–H groups in total. The van der Waals surface area contributed by atoms with Crippen LogP contribution in [0.2, 0.25) is 0 Å². The van der Waals surface area contributed by atoms with Crippen LogP contribution in [0.25, 0.3) is 0 Å². The molecule has 0 aliphatic heterocycles. The topological polar surface area (TPSA) is 53.2 Å². The maximum absolute atomic E-state index is 11.6. The summed E-state index contributed by atoms with van der Waals surface area (Å²) >= 11 is 0. The number of carbonyl (C=O) groups is 1. The van der Waals surface area contributed by atoms with Gasteiger partial charge in [-0.15, -0.1) is 0 Å². The van der Waals surface area contributed by atoms with Gasteiger partial charge < -0.3 is 9.94 Å². The fourth-order valence-electron chi connectivity index (χ4n) is 2.16. The molecule has 86 valence electrons. The van der Waals surface area contributed by atoms with Gasteiger partial charge in [0.15, 0.2) is 11.9 Å². The van der Waals surface area contributed by atoms with Gasteiger partial charge >= 0.3 is 5.97 Å². The fourth-order valence-corrected chi connectivity index (χ4v) is 2.16. The number of hydrogen-bond donors (Lipinski definition) is 0. The number of rotatable bonds is 2. The Labute approximate surface area is 94.4 Å². The van der Waals surface area contributed by atoms with E-state index in [0.717, 1.165) is 16.0 Å². The monoisotopic (exact) mass is 221 g/mol. The van der Waals surface area contributed by atoms with E-state index in [0.29, 0.717) is 25.9 Å². The molecule has 0 amide bonds. The largest absolute Gasteiger partial charge is 0.618 e. The normalized spacial score (nSPS) is 18.9. The lowest BCUT2D eigenvalue weighted by atomic mass is 9.86. The minimum atomic E-state index is -0.144. The molecule has 0 saturated heterocycles. The highest BCUT2D eigenvalue weighted by Crippen LogP contribution is 2.23. The molecular weight excluding hydrogens is 206 g/mol. The second-order valence-corrected chi connectivity index (χ2v) is 4.00. The molecule has 0 spiro atoms. The smallest absolute Gasteiger partial charge is 0.309 e. The maximum Gasteiger partial charge on any atom is 0.309 e. The first-order valence-corrected chi connectivity index (χ1v) is 5.59. The summed E-state index contributed by atoms with van der Waals surface area (Å²) in [4.78, 5) is 11.6. The number of carbonyl (C=O) groups excluding carboxylic acids is 1. The Balaban J connectivity index is 2.15. The number of pyridine rings is 1. The van der Waals surface area contributed by atoms with Gasteiger partial charge in [-0.3, -0.25) is 4.79 Å². The first kappa shape index (κ1) is 10.9. The summed E-state index contributed by atoms with van der Waals surface area (Å²) in [5.74, 6) is -0.232. The predicted octanol–water partition coefficient (Wildman–Crippen LogP) is 0.988. The van der Waals surface area contributed by atoms with Gasteiger partial charge in [0.2, 0.25) is 0 Å². The molecule has 0 fully saturated rings. The van der Waals surface area contributed by atoms with Gasteiger partial charge in [0.1, 0.15) is 0 Å². The van der Waals surface area contributed by atoms with Crippen molar-refractivity contribution in [1.82, 2.24) is 0 Å². The summed E-state index contributed by atoms with van der Waals surface area (Å²) in [5.41, 5.74) is 1.77. The summed E-state index contributed by atoms with van der Waals surface area (Å²) in [6.07, 6.45) is 3.49. The van der Waals surface area contributed by atoms with E-state index in [1.807, 2.05) is 6.07 Å². The van der Waals surface area contributed by atoms with E-state index in [1.54, 1.807) is 13.0 Å². The first-order valence-electron chi connectivity index (χ1n) is 5.59. The van der Waals surface area contributed by atoms with Crippen LogP contribution in [0, 0.1) is 11.1 Å². The molecule has 1 atom stereocenters. The van der Waals surface area contributed by atoms with Gasteiger partial charge in [-0.2, -0.15) is 4.73 Å². The molecule has 0 bridgehead atoms. The SMILES string of the molecule is CCOC(=O)C1CCc2c(ccc[n+]2[O-])C1. The predicted molar refractivity (Wildman–Crippen MR) is 57.6 cm³/mol. The van der Waals surface area contributed by atoms with Crippen LogP contribution in [0.5, 0.6) is 0 Å². The third-order valence-electron chi connectivity index (χ3n) is 2.97. The lowest BCUT2D eigenvalue weighted by Gasteiger charge is -2.21. The Bertz CT molecular complexity index is 403. The van der Waals surface area contributed by atoms with Crippen LogP contribution in [-0.4, -0.2) is 12.6 Å². The van der Waals surface area contributed by atoms with Crippen molar-refractivity contribution < 1.29 is 14.3 Å². The third kappa shape index (κ3) is 2.01. The molecule has 1 aliphatic carbocycles. The van der Waals surface area contributed by atoms with Gasteiger partial charge in [0, 0.05) is 18.1 Å². The van der Waals surface area contributed by atoms with E-state index < -0.39 is 0 Å². The standard InChI is InChI=1S/C12H15NO3/c1-2-16-12(14)10-5-6-11-9(8-10)4-3-7-13(11)15/h3-4,7,10H,2,5-6,8H2,1H3. The number of fused-ring (bicyclic) bond motifs is 1. The number of ether oxygens (including phenoxy) is 1. The molecule has 1 aromatic heterocycles. The summed E-state index contributed by atoms with van der Waals surface area (Å²) in [7, 11) is 0. The van der Waals surface area contributed by atoms with E-state index in [4.69, 9.17) is 4.74 Å². The van der Waals surface area contributed by atoms with E-state index in [1.165, 1.54) is 6.20 Å². The van der Waals surface area contributed by atoms with E-state index in [9.17, 15) is 10.0 Å². The summed E-state index contributed by atoms with van der Waals surface area (Å²) in [6, 6.07) is 3.63. The highest BCUT2D eigenvalue weighted by Gasteiger charge is 2.29. The molecule has 1 aliphatic rings. The third-order valence-corrected chi connectivity index (χ3v) is 2.97. The van der Waals surface area contributed by atoms with Crippen molar-refractivity contribution in [3.8, 4) is 0 Å². The number of esters is 1. The molecule has 1 unspecified atom stereocenters. The minimum Gasteiger partial charge on any atom is -0.618 e. The Kier molecular flexibility index (Phi) is 3.08. The van der Waals surface area contributed by atoms with E-state index in [2.05, 4.69) is 0 Å². The van der Waals surface area contributed by atoms with E-state index in [-0.39, 0.29) is 11.9 Å². The van der Waals surface area contributed by atoms with Gasteiger partial charge in [0.25, 0.3) is 0 Å². The van der Waals surface area contributed by atoms with Crippen molar-refractivity contribution in [2.75, 3.05) is 6.61 Å². The van der Waals surface area contributed by atoms with Crippen LogP contribution in [0.1, 0.15) is 24.6 Å². The zero-order valence-electron chi connectivity index (χ0n) is 9.31. The summed E-state index contributed by atoms with van der Waals surface area (Å²) < 4.78 is 5.90. The van der Waals surface area contributed by atoms with Gasteiger partial charge in [0.05, 0.1) is 12.5 Å². The van der Waals surface area contributed by atoms with Crippen molar-refractivity contribution in [3.05, 3.63) is 34.8 Å². The molecule has 0 saturated carbocycles. The highest BCUT2D eigenvalue weighted by atomic mass is 16.5. The Morgan fingerprint density at radius 3 is 3.25 bits per heavy atom. The first-order chi connectivity index (χ1) is 7.72. The zero-order valence-corrected chi connectivity index (χ0v) is 9.31. The van der Waals surface area contributed by atoms with Crippen LogP contribution in [0.4, 0.5) is 0 Å². The molecule has 1 aromatic rings. The van der Waals surface area contributed by atoms with Crippen LogP contribution >= 0.6 is 0 Å². The van der Waals surface area contributed by atoms with Gasteiger partial charge in [-0.25, -0.2) is 0 Å². The Hall–Kier alpha value is -1.58. The molecule has 4 heteroatoms. The second-order valence-electron chi connectivity index (χ2n) is 4.00. The van der Waals surface area contributed by atoms with Crippen molar-refractivity contribution in [1.29, 1.82) is 0 Å². The second kappa shape index (κ2) is 4.51. The number of nitrogens with zero attached hydrogens (tertiary/aromatic N) is 1. The number of hydrogen-bond acceptors (Lipinski definition) is 3. The van der Waals surface area contributed by atoms with Crippen molar-refractivity contribution in [2.45, 2.75) is 26.2 Å². The lowest BCUT2D eigenvalue weighted by molar-refractivity contribution is -0.615. The number of aromatic nitrogens is 1. The van der Waals surface area contributed by atoms with Gasteiger partial charge in [-0.05, 0) is 25.8 Å². The highest BCUT2D eigenvalue weighted by molar-refractivity contribution is 5.73. The van der Waals surface area contributed by atoms with E-state index >= 15 is 0 Å². The lowest BCUT2D eigenvalue weighted by Crippen LogP contribution is -2.37.